The molecule has 0 heterocycles. The number of guanidine groups is 1. The number of rotatable bonds is 7. The first-order valence-electron chi connectivity index (χ1n) is 9.31. The predicted molar refractivity (Wildman–Crippen MR) is 124 cm³/mol. The number of alkyl halides is 3. The molecule has 0 saturated heterocycles. The van der Waals surface area contributed by atoms with Crippen LogP contribution in [0.1, 0.15) is 16.7 Å². The predicted octanol–water partition coefficient (Wildman–Crippen LogP) is 3.79. The van der Waals surface area contributed by atoms with Crippen molar-refractivity contribution in [3.63, 3.8) is 0 Å². The van der Waals surface area contributed by atoms with Crippen molar-refractivity contribution in [2.24, 2.45) is 4.99 Å². The third-order valence-electron chi connectivity index (χ3n) is 4.31. The fraction of sp³-hybridized carbons (Fsp3) is 0.333. The number of ether oxygens (including phenoxy) is 1. The SMILES string of the molecule is COc1ccc(CN=C(NCC(=O)N(C)C)NCc2ccc(F)cc2C(F)(F)F)cc1.I. The number of halogens is 5. The maximum Gasteiger partial charge on any atom is 0.416 e. The standard InChI is InChI=1S/C21H24F4N4O2.HI/c1-29(2)19(30)13-28-20(26-11-14-4-8-17(31-3)9-5-14)27-12-15-6-7-16(22)10-18(15)21(23,24)25;/h4-10H,11-13H2,1-3H3,(H2,26,27,28);1H. The highest BCUT2D eigenvalue weighted by atomic mass is 127. The second kappa shape index (κ2) is 12.5. The van der Waals surface area contributed by atoms with Gasteiger partial charge in [0.2, 0.25) is 5.91 Å². The number of carbonyl (C=O) groups is 1. The summed E-state index contributed by atoms with van der Waals surface area (Å²) in [5.41, 5.74) is -0.385. The lowest BCUT2D eigenvalue weighted by Gasteiger charge is -2.17. The van der Waals surface area contributed by atoms with Gasteiger partial charge < -0.3 is 20.3 Å². The van der Waals surface area contributed by atoms with Crippen molar-refractivity contribution in [1.29, 1.82) is 0 Å². The summed E-state index contributed by atoms with van der Waals surface area (Å²) in [4.78, 5) is 17.6. The molecule has 32 heavy (non-hydrogen) atoms. The van der Waals surface area contributed by atoms with Gasteiger partial charge >= 0.3 is 6.18 Å². The number of nitrogens with zero attached hydrogens (tertiary/aromatic N) is 2. The van der Waals surface area contributed by atoms with Gasteiger partial charge in [0.15, 0.2) is 5.96 Å². The van der Waals surface area contributed by atoms with E-state index >= 15 is 0 Å². The molecule has 6 nitrogen and oxygen atoms in total. The molecular formula is C21H25F4IN4O2. The van der Waals surface area contributed by atoms with Crippen molar-refractivity contribution in [3.8, 4) is 5.75 Å². The zero-order chi connectivity index (χ0) is 23.0. The van der Waals surface area contributed by atoms with E-state index in [1.54, 1.807) is 45.5 Å². The molecule has 2 rings (SSSR count). The minimum absolute atomic E-state index is 0. The smallest absolute Gasteiger partial charge is 0.416 e. The van der Waals surface area contributed by atoms with Crippen LogP contribution in [0.5, 0.6) is 5.75 Å². The van der Waals surface area contributed by atoms with Crippen LogP contribution in [0.15, 0.2) is 47.5 Å². The molecule has 0 fully saturated rings. The third kappa shape index (κ3) is 8.52. The molecule has 0 radical (unpaired) electrons. The fourth-order valence-corrected chi connectivity index (χ4v) is 2.54. The average molecular weight is 568 g/mol. The number of hydrogen-bond acceptors (Lipinski definition) is 3. The summed E-state index contributed by atoms with van der Waals surface area (Å²) in [6.45, 7) is -0.151. The maximum atomic E-state index is 13.3. The Morgan fingerprint density at radius 2 is 1.75 bits per heavy atom. The van der Waals surface area contributed by atoms with Crippen LogP contribution in [0.3, 0.4) is 0 Å². The van der Waals surface area contributed by atoms with E-state index in [1.165, 1.54) is 4.90 Å². The monoisotopic (exact) mass is 568 g/mol. The van der Waals surface area contributed by atoms with E-state index in [0.717, 1.165) is 17.7 Å². The van der Waals surface area contributed by atoms with Crippen LogP contribution in [0.2, 0.25) is 0 Å². The summed E-state index contributed by atoms with van der Waals surface area (Å²) in [7, 11) is 4.71. The van der Waals surface area contributed by atoms with Crippen LogP contribution in [-0.2, 0) is 24.1 Å². The average Bonchev–Trinajstić information content (AvgIpc) is 2.73. The van der Waals surface area contributed by atoms with Crippen LogP contribution in [-0.4, -0.2) is 44.5 Å². The lowest BCUT2D eigenvalue weighted by molar-refractivity contribution is -0.138. The maximum absolute atomic E-state index is 13.3. The Hall–Kier alpha value is -2.57. The topological polar surface area (TPSA) is 66.0 Å². The number of amides is 1. The van der Waals surface area contributed by atoms with Crippen molar-refractivity contribution in [1.82, 2.24) is 15.5 Å². The van der Waals surface area contributed by atoms with Gasteiger partial charge in [-0.15, -0.1) is 24.0 Å². The Kier molecular flexibility index (Phi) is 10.7. The summed E-state index contributed by atoms with van der Waals surface area (Å²) < 4.78 is 58.1. The van der Waals surface area contributed by atoms with Gasteiger partial charge in [0.05, 0.1) is 25.8 Å². The Labute approximate surface area is 201 Å². The summed E-state index contributed by atoms with van der Waals surface area (Å²) in [6.07, 6.45) is -4.70. The van der Waals surface area contributed by atoms with Crippen molar-refractivity contribution in [2.45, 2.75) is 19.3 Å². The lowest BCUT2D eigenvalue weighted by Crippen LogP contribution is -2.42. The molecule has 1 amide bonds. The second-order valence-electron chi connectivity index (χ2n) is 6.81. The second-order valence-corrected chi connectivity index (χ2v) is 6.81. The molecule has 0 unspecified atom stereocenters. The Bertz CT molecular complexity index is 919. The summed E-state index contributed by atoms with van der Waals surface area (Å²) >= 11 is 0. The van der Waals surface area contributed by atoms with E-state index in [-0.39, 0.29) is 61.0 Å². The molecule has 0 aliphatic heterocycles. The van der Waals surface area contributed by atoms with E-state index in [1.807, 2.05) is 0 Å². The van der Waals surface area contributed by atoms with Gasteiger partial charge in [0.25, 0.3) is 0 Å². The minimum atomic E-state index is -4.70. The van der Waals surface area contributed by atoms with Gasteiger partial charge in [-0.2, -0.15) is 13.2 Å². The molecular weight excluding hydrogens is 543 g/mol. The summed E-state index contributed by atoms with van der Waals surface area (Å²) in [5.74, 6) is -0.392. The number of likely N-dealkylation sites (N-methyl/N-ethyl adjacent to an activating group) is 1. The van der Waals surface area contributed by atoms with Gasteiger partial charge in [0, 0.05) is 20.6 Å². The molecule has 0 atom stereocenters. The van der Waals surface area contributed by atoms with Gasteiger partial charge in [0.1, 0.15) is 11.6 Å². The first-order valence-corrected chi connectivity index (χ1v) is 9.31. The number of carbonyl (C=O) groups excluding carboxylic acids is 1. The lowest BCUT2D eigenvalue weighted by atomic mass is 10.1. The number of aliphatic imine (C=N–C) groups is 1. The van der Waals surface area contributed by atoms with Crippen molar-refractivity contribution in [2.75, 3.05) is 27.7 Å². The van der Waals surface area contributed by atoms with Crippen LogP contribution in [0.25, 0.3) is 0 Å². The quantitative estimate of drug-likeness (QED) is 0.231. The first kappa shape index (κ1) is 27.5. The fourth-order valence-electron chi connectivity index (χ4n) is 2.54. The molecule has 0 aliphatic rings. The number of nitrogens with one attached hydrogen (secondary N) is 2. The molecule has 0 aromatic heterocycles. The van der Waals surface area contributed by atoms with Crippen molar-refractivity contribution < 1.29 is 27.1 Å². The first-order chi connectivity index (χ1) is 14.6. The highest BCUT2D eigenvalue weighted by Gasteiger charge is 2.33. The van der Waals surface area contributed by atoms with Crippen LogP contribution in [0.4, 0.5) is 17.6 Å². The summed E-state index contributed by atoms with van der Waals surface area (Å²) in [6, 6.07) is 9.60. The molecule has 11 heteroatoms. The highest BCUT2D eigenvalue weighted by Crippen LogP contribution is 2.32. The van der Waals surface area contributed by atoms with Gasteiger partial charge in [-0.1, -0.05) is 18.2 Å². The van der Waals surface area contributed by atoms with Crippen LogP contribution in [0, 0.1) is 5.82 Å². The minimum Gasteiger partial charge on any atom is -0.497 e. The van der Waals surface area contributed by atoms with Gasteiger partial charge in [-0.25, -0.2) is 9.38 Å². The van der Waals surface area contributed by atoms with Gasteiger partial charge in [-0.3, -0.25) is 4.79 Å². The molecule has 2 aromatic rings. The number of methoxy groups -OCH3 is 1. The zero-order valence-corrected chi connectivity index (χ0v) is 20.1. The van der Waals surface area contributed by atoms with Crippen molar-refractivity contribution in [3.05, 3.63) is 65.0 Å². The molecule has 0 saturated carbocycles. The largest absolute Gasteiger partial charge is 0.497 e. The molecule has 0 bridgehead atoms. The molecule has 2 aromatic carbocycles. The Balaban J connectivity index is 0.00000512. The summed E-state index contributed by atoms with van der Waals surface area (Å²) in [5, 5.41) is 5.58. The van der Waals surface area contributed by atoms with E-state index in [4.69, 9.17) is 4.74 Å². The number of hydrogen-bond donors (Lipinski definition) is 2. The van der Waals surface area contributed by atoms with E-state index < -0.39 is 17.6 Å². The van der Waals surface area contributed by atoms with Crippen LogP contribution < -0.4 is 15.4 Å². The zero-order valence-electron chi connectivity index (χ0n) is 17.8. The van der Waals surface area contributed by atoms with E-state index in [2.05, 4.69) is 15.6 Å². The Morgan fingerprint density at radius 3 is 2.31 bits per heavy atom. The number of benzene rings is 2. The Morgan fingerprint density at radius 1 is 1.09 bits per heavy atom. The van der Waals surface area contributed by atoms with Gasteiger partial charge in [-0.05, 0) is 35.4 Å². The van der Waals surface area contributed by atoms with Crippen LogP contribution >= 0.6 is 24.0 Å². The molecule has 0 spiro atoms. The van der Waals surface area contributed by atoms with Crippen molar-refractivity contribution >= 4 is 35.8 Å². The van der Waals surface area contributed by atoms with E-state index in [0.29, 0.717) is 11.8 Å². The normalized spacial score (nSPS) is 11.4. The highest BCUT2D eigenvalue weighted by molar-refractivity contribution is 14.0. The molecule has 2 N–H and O–H groups in total. The third-order valence-corrected chi connectivity index (χ3v) is 4.31. The molecule has 176 valence electrons. The van der Waals surface area contributed by atoms with E-state index in [9.17, 15) is 22.4 Å². The molecule has 0 aliphatic carbocycles.